The van der Waals surface area contributed by atoms with Crippen molar-refractivity contribution in [3.63, 3.8) is 0 Å². The normalized spacial score (nSPS) is 12.9. The Balaban J connectivity index is 2.12. The molecule has 0 aliphatic carbocycles. The van der Waals surface area contributed by atoms with Gasteiger partial charge in [-0.3, -0.25) is 0 Å². The first-order valence-corrected chi connectivity index (χ1v) is 8.64. The first kappa shape index (κ1) is 17.0. The first-order valence-electron chi connectivity index (χ1n) is 8.64. The van der Waals surface area contributed by atoms with Crippen molar-refractivity contribution >= 4 is 10.8 Å². The van der Waals surface area contributed by atoms with Crippen molar-refractivity contribution < 1.29 is 5.11 Å². The van der Waals surface area contributed by atoms with Crippen LogP contribution in [-0.2, 0) is 0 Å². The molecule has 2 aromatic carbocycles. The third-order valence-corrected chi connectivity index (χ3v) is 4.27. The summed E-state index contributed by atoms with van der Waals surface area (Å²) in [7, 11) is 0. The van der Waals surface area contributed by atoms with E-state index < -0.39 is 6.10 Å². The molecule has 0 aliphatic rings. The molecule has 0 bridgehead atoms. The molecular weight excluding hydrogens is 270 g/mol. The molecule has 0 heterocycles. The van der Waals surface area contributed by atoms with E-state index in [-0.39, 0.29) is 0 Å². The molecule has 2 rings (SSSR count). The maximum Gasteiger partial charge on any atom is 0.0922 e. The van der Waals surface area contributed by atoms with Gasteiger partial charge in [0.05, 0.1) is 6.10 Å². The van der Waals surface area contributed by atoms with Gasteiger partial charge in [0.1, 0.15) is 0 Å². The maximum absolute atomic E-state index is 10.7. The number of unbranched alkanes of at least 4 members (excludes halogenated alkanes) is 2. The SMILES string of the molecule is CCCCN(CCCC)CC(O)c1cccc2ccccc12. The van der Waals surface area contributed by atoms with Gasteiger partial charge in [0.15, 0.2) is 0 Å². The average Bonchev–Trinajstić information content (AvgIpc) is 2.56. The van der Waals surface area contributed by atoms with Crippen molar-refractivity contribution in [1.82, 2.24) is 4.90 Å². The molecule has 120 valence electrons. The maximum atomic E-state index is 10.7. The van der Waals surface area contributed by atoms with Crippen molar-refractivity contribution in [2.45, 2.75) is 45.6 Å². The van der Waals surface area contributed by atoms with Crippen LogP contribution in [0.2, 0.25) is 0 Å². The van der Waals surface area contributed by atoms with Crippen LogP contribution >= 0.6 is 0 Å². The lowest BCUT2D eigenvalue weighted by molar-refractivity contribution is 0.112. The molecule has 0 aromatic heterocycles. The zero-order valence-electron chi connectivity index (χ0n) is 14.0. The largest absolute Gasteiger partial charge is 0.387 e. The van der Waals surface area contributed by atoms with Crippen molar-refractivity contribution in [2.75, 3.05) is 19.6 Å². The fraction of sp³-hybridized carbons (Fsp3) is 0.500. The summed E-state index contributed by atoms with van der Waals surface area (Å²) in [6.07, 6.45) is 4.39. The van der Waals surface area contributed by atoms with Gasteiger partial charge in [0, 0.05) is 6.54 Å². The van der Waals surface area contributed by atoms with Gasteiger partial charge in [0.2, 0.25) is 0 Å². The fourth-order valence-corrected chi connectivity index (χ4v) is 2.94. The highest BCUT2D eigenvalue weighted by atomic mass is 16.3. The second kappa shape index (κ2) is 8.92. The minimum Gasteiger partial charge on any atom is -0.387 e. The topological polar surface area (TPSA) is 23.5 Å². The number of fused-ring (bicyclic) bond motifs is 1. The summed E-state index contributed by atoms with van der Waals surface area (Å²) in [5.41, 5.74) is 1.05. The standard InChI is InChI=1S/C20H29NO/c1-3-5-14-21(15-6-4-2)16-20(22)19-13-9-11-17-10-7-8-12-18(17)19/h7-13,20,22H,3-6,14-16H2,1-2H3. The van der Waals surface area contributed by atoms with E-state index in [0.29, 0.717) is 0 Å². The Morgan fingerprint density at radius 2 is 1.55 bits per heavy atom. The molecule has 0 fully saturated rings. The summed E-state index contributed by atoms with van der Waals surface area (Å²) >= 11 is 0. The van der Waals surface area contributed by atoms with E-state index in [4.69, 9.17) is 0 Å². The molecule has 1 atom stereocenters. The molecule has 0 spiro atoms. The summed E-state index contributed by atoms with van der Waals surface area (Å²) < 4.78 is 0. The Hall–Kier alpha value is -1.38. The number of rotatable bonds is 9. The van der Waals surface area contributed by atoms with Gasteiger partial charge in [-0.05, 0) is 42.3 Å². The van der Waals surface area contributed by atoms with E-state index >= 15 is 0 Å². The van der Waals surface area contributed by atoms with Gasteiger partial charge >= 0.3 is 0 Å². The monoisotopic (exact) mass is 299 g/mol. The molecule has 22 heavy (non-hydrogen) atoms. The van der Waals surface area contributed by atoms with Crippen LogP contribution < -0.4 is 0 Å². The van der Waals surface area contributed by atoms with Crippen LogP contribution in [-0.4, -0.2) is 29.6 Å². The summed E-state index contributed by atoms with van der Waals surface area (Å²) in [5.74, 6) is 0. The lowest BCUT2D eigenvalue weighted by atomic mass is 10.00. The number of hydrogen-bond donors (Lipinski definition) is 1. The Morgan fingerprint density at radius 1 is 0.909 bits per heavy atom. The number of aliphatic hydroxyl groups excluding tert-OH is 1. The molecule has 0 saturated heterocycles. The van der Waals surface area contributed by atoms with Gasteiger partial charge in [-0.1, -0.05) is 69.2 Å². The van der Waals surface area contributed by atoms with Gasteiger partial charge in [0.25, 0.3) is 0 Å². The molecule has 0 amide bonds. The third-order valence-electron chi connectivity index (χ3n) is 4.27. The smallest absolute Gasteiger partial charge is 0.0922 e. The van der Waals surface area contributed by atoms with E-state index in [1.165, 1.54) is 36.5 Å². The van der Waals surface area contributed by atoms with Crippen LogP contribution in [0.25, 0.3) is 10.8 Å². The molecular formula is C20H29NO. The second-order valence-electron chi connectivity index (χ2n) is 6.09. The van der Waals surface area contributed by atoms with Crippen molar-refractivity contribution in [2.24, 2.45) is 0 Å². The molecule has 0 radical (unpaired) electrons. The van der Waals surface area contributed by atoms with Crippen LogP contribution in [0, 0.1) is 0 Å². The lowest BCUT2D eigenvalue weighted by Gasteiger charge is -2.25. The molecule has 0 aliphatic heterocycles. The highest BCUT2D eigenvalue weighted by molar-refractivity contribution is 5.85. The summed E-state index contributed by atoms with van der Waals surface area (Å²) in [6.45, 7) is 7.34. The van der Waals surface area contributed by atoms with E-state index in [9.17, 15) is 5.11 Å². The molecule has 2 aromatic rings. The second-order valence-corrected chi connectivity index (χ2v) is 6.09. The zero-order chi connectivity index (χ0) is 15.8. The molecule has 1 unspecified atom stereocenters. The average molecular weight is 299 g/mol. The Kier molecular flexibility index (Phi) is 6.88. The van der Waals surface area contributed by atoms with E-state index in [0.717, 1.165) is 25.2 Å². The van der Waals surface area contributed by atoms with Crippen LogP contribution in [0.4, 0.5) is 0 Å². The van der Waals surface area contributed by atoms with E-state index in [2.05, 4.69) is 43.0 Å². The minimum atomic E-state index is -0.417. The van der Waals surface area contributed by atoms with Gasteiger partial charge in [-0.2, -0.15) is 0 Å². The van der Waals surface area contributed by atoms with Crippen LogP contribution in [0.3, 0.4) is 0 Å². The van der Waals surface area contributed by atoms with Crippen molar-refractivity contribution in [3.05, 3.63) is 48.0 Å². The zero-order valence-corrected chi connectivity index (χ0v) is 14.0. The van der Waals surface area contributed by atoms with Gasteiger partial charge in [-0.25, -0.2) is 0 Å². The predicted octanol–water partition coefficient (Wildman–Crippen LogP) is 4.78. The van der Waals surface area contributed by atoms with Crippen LogP contribution in [0.1, 0.15) is 51.2 Å². The summed E-state index contributed by atoms with van der Waals surface area (Å²) in [5, 5.41) is 13.1. The Morgan fingerprint density at radius 3 is 2.23 bits per heavy atom. The van der Waals surface area contributed by atoms with Crippen molar-refractivity contribution in [1.29, 1.82) is 0 Å². The highest BCUT2D eigenvalue weighted by Gasteiger charge is 2.15. The van der Waals surface area contributed by atoms with Gasteiger partial charge in [-0.15, -0.1) is 0 Å². The Bertz CT molecular complexity index is 553. The van der Waals surface area contributed by atoms with Crippen molar-refractivity contribution in [3.8, 4) is 0 Å². The summed E-state index contributed by atoms with van der Waals surface area (Å²) in [6, 6.07) is 14.5. The molecule has 2 heteroatoms. The lowest BCUT2D eigenvalue weighted by Crippen LogP contribution is -2.30. The predicted molar refractivity (Wildman–Crippen MR) is 95.2 cm³/mol. The summed E-state index contributed by atoms with van der Waals surface area (Å²) in [4.78, 5) is 2.42. The quantitative estimate of drug-likeness (QED) is 0.720. The third kappa shape index (κ3) is 4.56. The van der Waals surface area contributed by atoms with Crippen LogP contribution in [0.5, 0.6) is 0 Å². The van der Waals surface area contributed by atoms with E-state index in [1.54, 1.807) is 0 Å². The number of aliphatic hydroxyl groups is 1. The molecule has 2 nitrogen and oxygen atoms in total. The number of benzene rings is 2. The number of hydrogen-bond acceptors (Lipinski definition) is 2. The number of nitrogens with zero attached hydrogens (tertiary/aromatic N) is 1. The molecule has 0 saturated carbocycles. The minimum absolute atomic E-state index is 0.417. The fourth-order valence-electron chi connectivity index (χ4n) is 2.94. The first-order chi connectivity index (χ1) is 10.8. The van der Waals surface area contributed by atoms with Crippen LogP contribution in [0.15, 0.2) is 42.5 Å². The van der Waals surface area contributed by atoms with E-state index in [1.807, 2.05) is 18.2 Å². The highest BCUT2D eigenvalue weighted by Crippen LogP contribution is 2.25. The van der Waals surface area contributed by atoms with Gasteiger partial charge < -0.3 is 10.0 Å². The molecule has 1 N–H and O–H groups in total. The Labute approximate surface area is 134 Å².